The molecule has 0 spiro atoms. The van der Waals surface area contributed by atoms with E-state index in [4.69, 9.17) is 4.74 Å². The van der Waals surface area contributed by atoms with Gasteiger partial charge in [-0.1, -0.05) is 6.07 Å². The van der Waals surface area contributed by atoms with E-state index in [1.165, 1.54) is 4.31 Å². The number of rotatable bonds is 3. The first-order chi connectivity index (χ1) is 11.3. The highest BCUT2D eigenvalue weighted by Gasteiger charge is 2.54. The maximum Gasteiger partial charge on any atom is 0.243 e. The van der Waals surface area contributed by atoms with Crippen molar-refractivity contribution in [2.75, 3.05) is 26.7 Å². The van der Waals surface area contributed by atoms with Crippen LogP contribution in [0.1, 0.15) is 24.0 Å². The van der Waals surface area contributed by atoms with Gasteiger partial charge in [-0.25, -0.2) is 8.42 Å². The average molecular weight is 352 g/mol. The second kappa shape index (κ2) is 6.13. The number of ether oxygens (including phenoxy) is 1. The molecule has 3 rings (SSSR count). The summed E-state index contributed by atoms with van der Waals surface area (Å²) in [7, 11) is -2.04. The second-order valence-corrected chi connectivity index (χ2v) is 8.73. The molecule has 2 aliphatic heterocycles. The number of sulfonamides is 1. The van der Waals surface area contributed by atoms with Gasteiger partial charge in [0.2, 0.25) is 15.9 Å². The Kier molecular flexibility index (Phi) is 4.44. The largest absolute Gasteiger partial charge is 0.377 e. The lowest BCUT2D eigenvalue weighted by atomic mass is 9.76. The zero-order valence-electron chi connectivity index (χ0n) is 14.3. The van der Waals surface area contributed by atoms with Crippen molar-refractivity contribution < 1.29 is 17.9 Å². The molecular weight excluding hydrogens is 328 g/mol. The summed E-state index contributed by atoms with van der Waals surface area (Å²) in [5.74, 6) is -0.134. The molecule has 2 fully saturated rings. The Morgan fingerprint density at radius 3 is 2.58 bits per heavy atom. The normalized spacial score (nSPS) is 27.7. The van der Waals surface area contributed by atoms with Gasteiger partial charge in [-0.2, -0.15) is 4.31 Å². The third-order valence-corrected chi connectivity index (χ3v) is 6.92. The van der Waals surface area contributed by atoms with Crippen LogP contribution < -0.4 is 5.32 Å². The molecule has 0 unspecified atom stereocenters. The number of nitrogens with one attached hydrogen (secondary N) is 1. The van der Waals surface area contributed by atoms with E-state index in [9.17, 15) is 13.2 Å². The minimum absolute atomic E-state index is 0.134. The van der Waals surface area contributed by atoms with Crippen molar-refractivity contribution in [3.05, 3.63) is 29.3 Å². The van der Waals surface area contributed by atoms with Gasteiger partial charge in [0, 0.05) is 26.7 Å². The second-order valence-electron chi connectivity index (χ2n) is 6.80. The third-order valence-electron chi connectivity index (χ3n) is 5.09. The fourth-order valence-corrected chi connectivity index (χ4v) is 5.63. The van der Waals surface area contributed by atoms with Gasteiger partial charge < -0.3 is 10.1 Å². The van der Waals surface area contributed by atoms with Crippen LogP contribution in [-0.2, 0) is 19.6 Å². The summed E-state index contributed by atoms with van der Waals surface area (Å²) in [6.07, 6.45) is 0.886. The number of carbonyl (C=O) groups is 1. The van der Waals surface area contributed by atoms with E-state index in [-0.39, 0.29) is 18.6 Å². The number of aryl methyl sites for hydroxylation is 2. The van der Waals surface area contributed by atoms with Crippen molar-refractivity contribution in [3.63, 3.8) is 0 Å². The molecule has 2 heterocycles. The van der Waals surface area contributed by atoms with Crippen LogP contribution in [-0.4, -0.2) is 51.5 Å². The van der Waals surface area contributed by atoms with Crippen LogP contribution in [0.2, 0.25) is 0 Å². The predicted octanol–water partition coefficient (Wildman–Crippen LogP) is 1.22. The zero-order valence-corrected chi connectivity index (χ0v) is 15.1. The van der Waals surface area contributed by atoms with Gasteiger partial charge in [-0.3, -0.25) is 4.79 Å². The number of piperidine rings is 1. The van der Waals surface area contributed by atoms with Crippen molar-refractivity contribution in [2.24, 2.45) is 5.41 Å². The molecule has 7 heteroatoms. The molecule has 1 aromatic carbocycles. The monoisotopic (exact) mass is 352 g/mol. The minimum Gasteiger partial charge on any atom is -0.377 e. The fourth-order valence-electron chi connectivity index (χ4n) is 3.92. The SMILES string of the molecule is CNC(=O)[C@@]12CCO[C@@H]1CCN(S(=O)(=O)c1cc(C)cc(C)c1)C2. The fraction of sp³-hybridized carbons (Fsp3) is 0.588. The Labute approximate surface area is 143 Å². The van der Waals surface area contributed by atoms with Crippen LogP contribution in [0.15, 0.2) is 23.1 Å². The van der Waals surface area contributed by atoms with Gasteiger partial charge in [0.15, 0.2) is 0 Å². The van der Waals surface area contributed by atoms with Crippen LogP contribution in [0.3, 0.4) is 0 Å². The summed E-state index contributed by atoms with van der Waals surface area (Å²) in [5.41, 5.74) is 1.04. The zero-order chi connectivity index (χ0) is 17.5. The van der Waals surface area contributed by atoms with Gasteiger partial charge in [0.1, 0.15) is 0 Å². The number of benzene rings is 1. The van der Waals surface area contributed by atoms with Gasteiger partial charge in [-0.05, 0) is 49.9 Å². The van der Waals surface area contributed by atoms with E-state index < -0.39 is 15.4 Å². The van der Waals surface area contributed by atoms with Gasteiger partial charge in [-0.15, -0.1) is 0 Å². The van der Waals surface area contributed by atoms with Crippen LogP contribution >= 0.6 is 0 Å². The smallest absolute Gasteiger partial charge is 0.243 e. The standard InChI is InChI=1S/C17H24N2O4S/c1-12-8-13(2)10-14(9-12)24(21,22)19-6-4-15-17(11-19,5-7-23-15)16(20)18-3/h8-10,15H,4-7,11H2,1-3H3,(H,18,20)/t15-,17-/m1/s1. The molecule has 0 aliphatic carbocycles. The summed E-state index contributed by atoms with van der Waals surface area (Å²) in [6, 6.07) is 5.32. The van der Waals surface area contributed by atoms with Crippen molar-refractivity contribution >= 4 is 15.9 Å². The summed E-state index contributed by atoms with van der Waals surface area (Å²) in [4.78, 5) is 12.8. The van der Waals surface area contributed by atoms with Crippen molar-refractivity contribution in [1.29, 1.82) is 0 Å². The van der Waals surface area contributed by atoms with Crippen LogP contribution in [0.5, 0.6) is 0 Å². The van der Waals surface area contributed by atoms with Crippen LogP contribution in [0.4, 0.5) is 0 Å². The lowest BCUT2D eigenvalue weighted by molar-refractivity contribution is -0.136. The van der Waals surface area contributed by atoms with Crippen molar-refractivity contribution in [2.45, 2.75) is 37.7 Å². The molecule has 132 valence electrons. The van der Waals surface area contributed by atoms with Crippen LogP contribution in [0, 0.1) is 19.3 Å². The molecule has 1 N–H and O–H groups in total. The number of hydrogen-bond acceptors (Lipinski definition) is 4. The van der Waals surface area contributed by atoms with Gasteiger partial charge >= 0.3 is 0 Å². The molecule has 2 saturated heterocycles. The Bertz CT molecular complexity index is 742. The molecule has 2 atom stereocenters. The Morgan fingerprint density at radius 2 is 1.96 bits per heavy atom. The molecular formula is C17H24N2O4S. The number of amides is 1. The maximum absolute atomic E-state index is 13.1. The third kappa shape index (κ3) is 2.74. The van der Waals surface area contributed by atoms with Gasteiger partial charge in [0.25, 0.3) is 0 Å². The number of hydrogen-bond donors (Lipinski definition) is 1. The number of nitrogens with zero attached hydrogens (tertiary/aromatic N) is 1. The van der Waals surface area contributed by atoms with Gasteiger partial charge in [0.05, 0.1) is 16.4 Å². The highest BCUT2D eigenvalue weighted by atomic mass is 32.2. The molecule has 6 nitrogen and oxygen atoms in total. The van der Waals surface area contributed by atoms with E-state index in [2.05, 4.69) is 5.32 Å². The molecule has 0 aromatic heterocycles. The molecule has 0 saturated carbocycles. The summed E-state index contributed by atoms with van der Waals surface area (Å²) in [6.45, 7) is 4.81. The molecule has 24 heavy (non-hydrogen) atoms. The first-order valence-corrected chi connectivity index (χ1v) is 9.66. The molecule has 1 aromatic rings. The number of carbonyl (C=O) groups excluding carboxylic acids is 1. The molecule has 0 bridgehead atoms. The lowest BCUT2D eigenvalue weighted by Gasteiger charge is -2.41. The number of fused-ring (bicyclic) bond motifs is 1. The van der Waals surface area contributed by atoms with Crippen molar-refractivity contribution in [3.8, 4) is 0 Å². The Hall–Kier alpha value is -1.44. The molecule has 2 aliphatic rings. The Morgan fingerprint density at radius 1 is 1.29 bits per heavy atom. The van der Waals surface area contributed by atoms with Crippen molar-refractivity contribution in [1.82, 2.24) is 9.62 Å². The summed E-state index contributed by atoms with van der Waals surface area (Å²) in [5, 5.41) is 2.69. The highest BCUT2D eigenvalue weighted by molar-refractivity contribution is 7.89. The molecule has 1 amide bonds. The Balaban J connectivity index is 1.96. The lowest BCUT2D eigenvalue weighted by Crippen LogP contribution is -2.57. The van der Waals surface area contributed by atoms with Crippen LogP contribution in [0.25, 0.3) is 0 Å². The summed E-state index contributed by atoms with van der Waals surface area (Å²) < 4.78 is 33.3. The summed E-state index contributed by atoms with van der Waals surface area (Å²) >= 11 is 0. The van der Waals surface area contributed by atoms with E-state index in [1.54, 1.807) is 19.2 Å². The maximum atomic E-state index is 13.1. The first kappa shape index (κ1) is 17.4. The predicted molar refractivity (Wildman–Crippen MR) is 90.1 cm³/mol. The van der Waals surface area contributed by atoms with E-state index >= 15 is 0 Å². The minimum atomic E-state index is -3.63. The van der Waals surface area contributed by atoms with E-state index in [1.807, 2.05) is 19.9 Å². The average Bonchev–Trinajstić information content (AvgIpc) is 2.97. The van der Waals surface area contributed by atoms with E-state index in [0.717, 1.165) is 11.1 Å². The topological polar surface area (TPSA) is 75.7 Å². The van der Waals surface area contributed by atoms with E-state index in [0.29, 0.717) is 30.9 Å². The first-order valence-electron chi connectivity index (χ1n) is 8.22. The quantitative estimate of drug-likeness (QED) is 0.887. The molecule has 0 radical (unpaired) electrons. The highest BCUT2D eigenvalue weighted by Crippen LogP contribution is 2.42.